The van der Waals surface area contributed by atoms with E-state index in [1.165, 1.54) is 0 Å². The zero-order valence-electron chi connectivity index (χ0n) is 11.9. The molecule has 5 nitrogen and oxygen atoms in total. The van der Waals surface area contributed by atoms with Gasteiger partial charge in [0.05, 0.1) is 11.6 Å². The summed E-state index contributed by atoms with van der Waals surface area (Å²) in [5.41, 5.74) is 0.558. The van der Waals surface area contributed by atoms with Crippen LogP contribution in [0.2, 0.25) is 0 Å². The predicted molar refractivity (Wildman–Crippen MR) is 77.6 cm³/mol. The molecule has 5 heteroatoms. The summed E-state index contributed by atoms with van der Waals surface area (Å²) >= 11 is 0. The quantitative estimate of drug-likeness (QED) is 0.830. The SMILES string of the molecule is N#Cc1ccc(OCC(=O)NCC2CCCC2CO)cc1. The molecule has 2 unspecified atom stereocenters. The van der Waals surface area contributed by atoms with Crippen LogP contribution >= 0.6 is 0 Å². The molecule has 112 valence electrons. The molecule has 0 heterocycles. The van der Waals surface area contributed by atoms with Crippen LogP contribution in [-0.4, -0.2) is 30.8 Å². The van der Waals surface area contributed by atoms with Gasteiger partial charge >= 0.3 is 0 Å². The minimum absolute atomic E-state index is 0.0393. The third-order valence-electron chi connectivity index (χ3n) is 3.97. The Hall–Kier alpha value is -2.06. The van der Waals surface area contributed by atoms with E-state index < -0.39 is 0 Å². The number of rotatable bonds is 6. The van der Waals surface area contributed by atoms with Crippen molar-refractivity contribution in [2.75, 3.05) is 19.8 Å². The normalized spacial score (nSPS) is 20.8. The number of nitriles is 1. The minimum atomic E-state index is -0.164. The van der Waals surface area contributed by atoms with Crippen LogP contribution in [0, 0.1) is 23.2 Å². The Morgan fingerprint density at radius 2 is 2.05 bits per heavy atom. The Morgan fingerprint density at radius 3 is 2.71 bits per heavy atom. The van der Waals surface area contributed by atoms with E-state index in [4.69, 9.17) is 10.00 Å². The van der Waals surface area contributed by atoms with Crippen molar-refractivity contribution in [2.24, 2.45) is 11.8 Å². The van der Waals surface area contributed by atoms with Crippen molar-refractivity contribution in [3.63, 3.8) is 0 Å². The molecule has 21 heavy (non-hydrogen) atoms. The molecular weight excluding hydrogens is 268 g/mol. The van der Waals surface area contributed by atoms with E-state index in [1.54, 1.807) is 24.3 Å². The Morgan fingerprint density at radius 1 is 1.33 bits per heavy atom. The summed E-state index contributed by atoms with van der Waals surface area (Å²) in [5, 5.41) is 20.8. The Bertz CT molecular complexity index is 507. The maximum Gasteiger partial charge on any atom is 0.257 e. The molecule has 0 bridgehead atoms. The molecule has 2 N–H and O–H groups in total. The van der Waals surface area contributed by atoms with Gasteiger partial charge in [0.2, 0.25) is 0 Å². The fourth-order valence-electron chi connectivity index (χ4n) is 2.69. The highest BCUT2D eigenvalue weighted by atomic mass is 16.5. The molecular formula is C16H20N2O3. The number of aliphatic hydroxyl groups is 1. The summed E-state index contributed by atoms with van der Waals surface area (Å²) in [5.74, 6) is 1.08. The third kappa shape index (κ3) is 4.47. The standard InChI is InChI=1S/C16H20N2O3/c17-8-12-4-6-15(7-5-12)21-11-16(20)18-9-13-2-1-3-14(13)10-19/h4-7,13-14,19H,1-3,9-11H2,(H,18,20). The molecule has 1 fully saturated rings. The lowest BCUT2D eigenvalue weighted by Gasteiger charge is -2.17. The molecule has 1 aliphatic rings. The van der Waals surface area contributed by atoms with Gasteiger partial charge in [0.15, 0.2) is 6.61 Å². The smallest absolute Gasteiger partial charge is 0.257 e. The number of aliphatic hydroxyl groups excluding tert-OH is 1. The van der Waals surface area contributed by atoms with Crippen molar-refractivity contribution in [1.29, 1.82) is 5.26 Å². The van der Waals surface area contributed by atoms with Crippen LogP contribution < -0.4 is 10.1 Å². The molecule has 0 radical (unpaired) electrons. The van der Waals surface area contributed by atoms with Crippen LogP contribution in [0.3, 0.4) is 0 Å². The first-order valence-electron chi connectivity index (χ1n) is 7.23. The lowest BCUT2D eigenvalue weighted by atomic mass is 9.97. The van der Waals surface area contributed by atoms with Crippen LogP contribution in [-0.2, 0) is 4.79 Å². The van der Waals surface area contributed by atoms with Crippen molar-refractivity contribution >= 4 is 5.91 Å². The highest BCUT2D eigenvalue weighted by Crippen LogP contribution is 2.30. The molecule has 1 saturated carbocycles. The number of nitrogens with one attached hydrogen (secondary N) is 1. The monoisotopic (exact) mass is 288 g/mol. The molecule has 2 atom stereocenters. The molecule has 0 aliphatic heterocycles. The van der Waals surface area contributed by atoms with E-state index in [9.17, 15) is 9.90 Å². The summed E-state index contributed by atoms with van der Waals surface area (Å²) in [4.78, 5) is 11.7. The van der Waals surface area contributed by atoms with E-state index in [0.29, 0.717) is 29.7 Å². The summed E-state index contributed by atoms with van der Waals surface area (Å²) in [6.45, 7) is 0.755. The summed E-state index contributed by atoms with van der Waals surface area (Å²) in [7, 11) is 0. The van der Waals surface area contributed by atoms with E-state index in [-0.39, 0.29) is 19.1 Å². The van der Waals surface area contributed by atoms with Gasteiger partial charge in [-0.1, -0.05) is 6.42 Å². The van der Waals surface area contributed by atoms with E-state index in [1.807, 2.05) is 6.07 Å². The first kappa shape index (κ1) is 15.3. The summed E-state index contributed by atoms with van der Waals surface area (Å²) in [6, 6.07) is 8.67. The summed E-state index contributed by atoms with van der Waals surface area (Å²) in [6.07, 6.45) is 3.22. The second-order valence-electron chi connectivity index (χ2n) is 5.36. The van der Waals surface area contributed by atoms with Crippen molar-refractivity contribution < 1.29 is 14.6 Å². The van der Waals surface area contributed by atoms with Crippen molar-refractivity contribution in [2.45, 2.75) is 19.3 Å². The maximum atomic E-state index is 11.7. The molecule has 0 aromatic heterocycles. The van der Waals surface area contributed by atoms with Gasteiger partial charge in [-0.05, 0) is 48.9 Å². The maximum absolute atomic E-state index is 11.7. The van der Waals surface area contributed by atoms with Gasteiger partial charge < -0.3 is 15.2 Å². The minimum Gasteiger partial charge on any atom is -0.484 e. The first-order chi connectivity index (χ1) is 10.2. The van der Waals surface area contributed by atoms with Gasteiger partial charge in [-0.3, -0.25) is 4.79 Å². The molecule has 0 spiro atoms. The Labute approximate surface area is 124 Å². The van der Waals surface area contributed by atoms with Crippen molar-refractivity contribution in [1.82, 2.24) is 5.32 Å². The highest BCUT2D eigenvalue weighted by Gasteiger charge is 2.26. The summed E-state index contributed by atoms with van der Waals surface area (Å²) < 4.78 is 5.36. The zero-order chi connectivity index (χ0) is 15.1. The van der Waals surface area contributed by atoms with E-state index in [0.717, 1.165) is 19.3 Å². The van der Waals surface area contributed by atoms with Crippen LogP contribution in [0.1, 0.15) is 24.8 Å². The predicted octanol–water partition coefficient (Wildman–Crippen LogP) is 1.46. The van der Waals surface area contributed by atoms with Crippen LogP contribution in [0.5, 0.6) is 5.75 Å². The topological polar surface area (TPSA) is 82.3 Å². The number of benzene rings is 1. The van der Waals surface area contributed by atoms with Crippen LogP contribution in [0.15, 0.2) is 24.3 Å². The third-order valence-corrected chi connectivity index (χ3v) is 3.97. The fourth-order valence-corrected chi connectivity index (χ4v) is 2.69. The number of hydrogen-bond donors (Lipinski definition) is 2. The second-order valence-corrected chi connectivity index (χ2v) is 5.36. The lowest BCUT2D eigenvalue weighted by molar-refractivity contribution is -0.123. The average Bonchev–Trinajstić information content (AvgIpc) is 2.99. The number of amides is 1. The van der Waals surface area contributed by atoms with Gasteiger partial charge in [0.25, 0.3) is 5.91 Å². The lowest BCUT2D eigenvalue weighted by Crippen LogP contribution is -2.34. The molecule has 1 aliphatic carbocycles. The number of nitrogens with zero attached hydrogens (tertiary/aromatic N) is 1. The number of carbonyl (C=O) groups excluding carboxylic acids is 1. The highest BCUT2D eigenvalue weighted by molar-refractivity contribution is 5.77. The first-order valence-corrected chi connectivity index (χ1v) is 7.23. The number of ether oxygens (including phenoxy) is 1. The average molecular weight is 288 g/mol. The van der Waals surface area contributed by atoms with Crippen molar-refractivity contribution in [3.8, 4) is 11.8 Å². The van der Waals surface area contributed by atoms with Crippen LogP contribution in [0.25, 0.3) is 0 Å². The fraction of sp³-hybridized carbons (Fsp3) is 0.500. The number of carbonyl (C=O) groups is 1. The van der Waals surface area contributed by atoms with E-state index in [2.05, 4.69) is 5.32 Å². The van der Waals surface area contributed by atoms with Crippen molar-refractivity contribution in [3.05, 3.63) is 29.8 Å². The molecule has 0 saturated heterocycles. The van der Waals surface area contributed by atoms with Gasteiger partial charge in [-0.15, -0.1) is 0 Å². The molecule has 1 aromatic carbocycles. The molecule has 2 rings (SSSR count). The molecule has 1 amide bonds. The van der Waals surface area contributed by atoms with Crippen LogP contribution in [0.4, 0.5) is 0 Å². The molecule has 1 aromatic rings. The number of hydrogen-bond acceptors (Lipinski definition) is 4. The van der Waals surface area contributed by atoms with Gasteiger partial charge in [0.1, 0.15) is 5.75 Å². The largest absolute Gasteiger partial charge is 0.484 e. The Balaban J connectivity index is 1.71. The van der Waals surface area contributed by atoms with Gasteiger partial charge in [0, 0.05) is 13.2 Å². The van der Waals surface area contributed by atoms with Gasteiger partial charge in [-0.2, -0.15) is 5.26 Å². The van der Waals surface area contributed by atoms with Gasteiger partial charge in [-0.25, -0.2) is 0 Å². The zero-order valence-corrected chi connectivity index (χ0v) is 11.9. The Kier molecular flexibility index (Phi) is 5.59. The van der Waals surface area contributed by atoms with E-state index >= 15 is 0 Å². The second kappa shape index (κ2) is 7.65.